The molecule has 3 atom stereocenters. The third-order valence-corrected chi connectivity index (χ3v) is 4.36. The molecule has 2 fully saturated rings. The third kappa shape index (κ3) is 3.21. The summed E-state index contributed by atoms with van der Waals surface area (Å²) in [6.07, 6.45) is 7.03. The minimum atomic E-state index is 0.720. The first kappa shape index (κ1) is 12.4. The Morgan fingerprint density at radius 2 is 1.94 bits per heavy atom. The van der Waals surface area contributed by atoms with E-state index in [-0.39, 0.29) is 0 Å². The van der Waals surface area contributed by atoms with Crippen molar-refractivity contribution in [2.75, 3.05) is 13.1 Å². The molecule has 0 aromatic rings. The van der Waals surface area contributed by atoms with E-state index in [1.54, 1.807) is 0 Å². The maximum atomic E-state index is 3.89. The smallest absolute Gasteiger partial charge is 0.0209 e. The molecule has 1 N–H and O–H groups in total. The van der Waals surface area contributed by atoms with Crippen molar-refractivity contribution < 1.29 is 0 Å². The largest absolute Gasteiger partial charge is 0.310 e. The molecule has 1 saturated carbocycles. The highest BCUT2D eigenvalue weighted by molar-refractivity contribution is 4.87. The zero-order valence-corrected chi connectivity index (χ0v) is 11.2. The van der Waals surface area contributed by atoms with E-state index in [1.807, 2.05) is 0 Å². The minimum absolute atomic E-state index is 0.720. The summed E-state index contributed by atoms with van der Waals surface area (Å²) in [4.78, 5) is 2.60. The molecule has 16 heavy (non-hydrogen) atoms. The SMILES string of the molecule is CC1CCCC(NC2CCN(C(C)C)C2)C1. The van der Waals surface area contributed by atoms with Crippen LogP contribution in [0.3, 0.4) is 0 Å². The van der Waals surface area contributed by atoms with E-state index >= 15 is 0 Å². The van der Waals surface area contributed by atoms with Crippen LogP contribution in [0.4, 0.5) is 0 Å². The van der Waals surface area contributed by atoms with Crippen LogP contribution in [-0.2, 0) is 0 Å². The molecule has 2 aliphatic rings. The first-order chi connectivity index (χ1) is 7.65. The van der Waals surface area contributed by atoms with Gasteiger partial charge in [0.25, 0.3) is 0 Å². The quantitative estimate of drug-likeness (QED) is 0.793. The zero-order chi connectivity index (χ0) is 11.5. The fraction of sp³-hybridized carbons (Fsp3) is 1.00. The van der Waals surface area contributed by atoms with Gasteiger partial charge in [0.05, 0.1) is 0 Å². The van der Waals surface area contributed by atoms with E-state index in [9.17, 15) is 0 Å². The van der Waals surface area contributed by atoms with E-state index in [0.717, 1.165) is 24.0 Å². The van der Waals surface area contributed by atoms with Crippen LogP contribution in [0.25, 0.3) is 0 Å². The molecule has 0 amide bonds. The number of hydrogen-bond acceptors (Lipinski definition) is 2. The number of nitrogens with one attached hydrogen (secondary N) is 1. The van der Waals surface area contributed by atoms with Crippen LogP contribution in [-0.4, -0.2) is 36.1 Å². The summed E-state index contributed by atoms with van der Waals surface area (Å²) < 4.78 is 0. The topological polar surface area (TPSA) is 15.3 Å². The lowest BCUT2D eigenvalue weighted by Crippen LogP contribution is -2.42. The van der Waals surface area contributed by atoms with Gasteiger partial charge in [-0.1, -0.05) is 19.8 Å². The Kier molecular flexibility index (Phi) is 4.26. The van der Waals surface area contributed by atoms with Crippen LogP contribution in [0, 0.1) is 5.92 Å². The van der Waals surface area contributed by atoms with Crippen molar-refractivity contribution in [1.82, 2.24) is 10.2 Å². The van der Waals surface area contributed by atoms with Crippen molar-refractivity contribution in [2.45, 2.75) is 71.0 Å². The van der Waals surface area contributed by atoms with Gasteiger partial charge in [0, 0.05) is 24.7 Å². The molecule has 2 heteroatoms. The molecule has 3 unspecified atom stereocenters. The second kappa shape index (κ2) is 5.50. The molecule has 0 aromatic heterocycles. The standard InChI is InChI=1S/C14H28N2/c1-11(2)16-8-7-14(10-16)15-13-6-4-5-12(3)9-13/h11-15H,4-10H2,1-3H3. The maximum Gasteiger partial charge on any atom is 0.0209 e. The van der Waals surface area contributed by atoms with Gasteiger partial charge in [-0.15, -0.1) is 0 Å². The number of nitrogens with zero attached hydrogens (tertiary/aromatic N) is 1. The predicted octanol–water partition coefficient (Wildman–Crippen LogP) is 2.64. The number of likely N-dealkylation sites (tertiary alicyclic amines) is 1. The molecule has 1 aliphatic heterocycles. The summed E-state index contributed by atoms with van der Waals surface area (Å²) in [7, 11) is 0. The summed E-state index contributed by atoms with van der Waals surface area (Å²) in [5.41, 5.74) is 0. The molecule has 2 nitrogen and oxygen atoms in total. The molecule has 94 valence electrons. The second-order valence-electron chi connectivity index (χ2n) is 6.21. The van der Waals surface area contributed by atoms with Crippen LogP contribution in [0.2, 0.25) is 0 Å². The summed E-state index contributed by atoms with van der Waals surface area (Å²) in [5, 5.41) is 3.89. The van der Waals surface area contributed by atoms with Gasteiger partial charge >= 0.3 is 0 Å². The van der Waals surface area contributed by atoms with Crippen molar-refractivity contribution in [3.63, 3.8) is 0 Å². The summed E-state index contributed by atoms with van der Waals surface area (Å²) in [6, 6.07) is 2.29. The van der Waals surface area contributed by atoms with Gasteiger partial charge in [-0.05, 0) is 45.6 Å². The lowest BCUT2D eigenvalue weighted by molar-refractivity contribution is 0.249. The van der Waals surface area contributed by atoms with E-state index < -0.39 is 0 Å². The number of hydrogen-bond donors (Lipinski definition) is 1. The normalized spacial score (nSPS) is 37.1. The lowest BCUT2D eigenvalue weighted by atomic mass is 9.87. The number of rotatable bonds is 3. The van der Waals surface area contributed by atoms with Crippen LogP contribution in [0.1, 0.15) is 52.9 Å². The van der Waals surface area contributed by atoms with Gasteiger partial charge in [-0.3, -0.25) is 4.90 Å². The van der Waals surface area contributed by atoms with Gasteiger partial charge < -0.3 is 5.32 Å². The zero-order valence-electron chi connectivity index (χ0n) is 11.2. The fourth-order valence-electron chi connectivity index (χ4n) is 3.31. The maximum absolute atomic E-state index is 3.89. The average molecular weight is 224 g/mol. The summed E-state index contributed by atoms with van der Waals surface area (Å²) >= 11 is 0. The predicted molar refractivity (Wildman–Crippen MR) is 69.7 cm³/mol. The van der Waals surface area contributed by atoms with E-state index in [4.69, 9.17) is 0 Å². The summed E-state index contributed by atoms with van der Waals surface area (Å²) in [6.45, 7) is 9.58. The Labute approximate surface area is 101 Å². The van der Waals surface area contributed by atoms with Gasteiger partial charge in [-0.2, -0.15) is 0 Å². The molecule has 1 heterocycles. The Morgan fingerprint density at radius 3 is 2.56 bits per heavy atom. The van der Waals surface area contributed by atoms with Crippen molar-refractivity contribution in [1.29, 1.82) is 0 Å². The molecule has 0 bridgehead atoms. The van der Waals surface area contributed by atoms with E-state index in [0.29, 0.717) is 0 Å². The van der Waals surface area contributed by atoms with Crippen LogP contribution < -0.4 is 5.32 Å². The molecule has 0 aromatic carbocycles. The monoisotopic (exact) mass is 224 g/mol. The molecule has 2 rings (SSSR count). The molecule has 1 saturated heterocycles. The highest BCUT2D eigenvalue weighted by atomic mass is 15.2. The van der Waals surface area contributed by atoms with Gasteiger partial charge in [0.1, 0.15) is 0 Å². The highest BCUT2D eigenvalue weighted by Crippen LogP contribution is 2.25. The molecule has 0 radical (unpaired) electrons. The Hall–Kier alpha value is -0.0800. The highest BCUT2D eigenvalue weighted by Gasteiger charge is 2.27. The first-order valence-electron chi connectivity index (χ1n) is 7.15. The van der Waals surface area contributed by atoms with Gasteiger partial charge in [0.2, 0.25) is 0 Å². The van der Waals surface area contributed by atoms with Gasteiger partial charge in [0.15, 0.2) is 0 Å². The Balaban J connectivity index is 1.74. The minimum Gasteiger partial charge on any atom is -0.310 e. The Morgan fingerprint density at radius 1 is 1.12 bits per heavy atom. The lowest BCUT2D eigenvalue weighted by Gasteiger charge is -2.30. The van der Waals surface area contributed by atoms with E-state index in [1.165, 1.54) is 45.2 Å². The van der Waals surface area contributed by atoms with Gasteiger partial charge in [-0.25, -0.2) is 0 Å². The van der Waals surface area contributed by atoms with Crippen molar-refractivity contribution in [3.8, 4) is 0 Å². The van der Waals surface area contributed by atoms with Crippen LogP contribution in [0.15, 0.2) is 0 Å². The molecular formula is C14H28N2. The van der Waals surface area contributed by atoms with Crippen molar-refractivity contribution in [2.24, 2.45) is 5.92 Å². The third-order valence-electron chi connectivity index (χ3n) is 4.36. The average Bonchev–Trinajstić information content (AvgIpc) is 2.66. The second-order valence-corrected chi connectivity index (χ2v) is 6.21. The van der Waals surface area contributed by atoms with E-state index in [2.05, 4.69) is 31.0 Å². The first-order valence-corrected chi connectivity index (χ1v) is 7.15. The summed E-state index contributed by atoms with van der Waals surface area (Å²) in [5.74, 6) is 0.939. The fourth-order valence-corrected chi connectivity index (χ4v) is 3.31. The molecule has 1 aliphatic carbocycles. The van der Waals surface area contributed by atoms with Crippen molar-refractivity contribution >= 4 is 0 Å². The Bertz CT molecular complexity index is 215. The van der Waals surface area contributed by atoms with Crippen LogP contribution in [0.5, 0.6) is 0 Å². The molecule has 0 spiro atoms. The molecular weight excluding hydrogens is 196 g/mol. The van der Waals surface area contributed by atoms with Crippen LogP contribution >= 0.6 is 0 Å². The van der Waals surface area contributed by atoms with Crippen molar-refractivity contribution in [3.05, 3.63) is 0 Å².